The molecule has 12 nitrogen and oxygen atoms in total. The van der Waals surface area contributed by atoms with Gasteiger partial charge in [0.25, 0.3) is 0 Å². The molecule has 2 N–H and O–H groups in total. The van der Waals surface area contributed by atoms with E-state index in [2.05, 4.69) is 10.3 Å². The van der Waals surface area contributed by atoms with E-state index in [1.807, 2.05) is 13.1 Å². The van der Waals surface area contributed by atoms with Gasteiger partial charge < -0.3 is 28.9 Å². The Morgan fingerprint density at radius 1 is 1.33 bits per heavy atom. The number of carbonyl (C=O) groups excluding carboxylic acids is 3. The van der Waals surface area contributed by atoms with E-state index in [1.54, 1.807) is 17.7 Å². The molecule has 3 aromatic rings. The number of fused-ring (bicyclic) bond motifs is 2. The van der Waals surface area contributed by atoms with Crippen LogP contribution < -0.4 is 11.1 Å². The molecule has 0 saturated carbocycles. The minimum atomic E-state index is -0.899. The van der Waals surface area contributed by atoms with Gasteiger partial charge in [0.15, 0.2) is 18.1 Å². The van der Waals surface area contributed by atoms with Crippen molar-refractivity contribution in [2.45, 2.75) is 53.0 Å². The zero-order chi connectivity index (χ0) is 25.9. The van der Waals surface area contributed by atoms with Gasteiger partial charge in [-0.3, -0.25) is 14.0 Å². The maximum atomic E-state index is 13.3. The number of hydrogen-bond donors (Lipinski definition) is 2. The maximum Gasteiger partial charge on any atom is 0.519 e. The molecular weight excluding hydrogens is 492 g/mol. The van der Waals surface area contributed by atoms with Crippen LogP contribution in [0.2, 0.25) is 0 Å². The Bertz CT molecular complexity index is 1470. The minimum Gasteiger partial charge on any atom is -0.453 e. The van der Waals surface area contributed by atoms with Crippen LogP contribution in [0.1, 0.15) is 42.9 Å². The lowest BCUT2D eigenvalue weighted by Gasteiger charge is -2.46. The Morgan fingerprint density at radius 2 is 2.08 bits per heavy atom. The van der Waals surface area contributed by atoms with Gasteiger partial charge in [-0.15, -0.1) is 11.3 Å². The lowest BCUT2D eigenvalue weighted by atomic mass is 9.77. The number of hydrogen-bond acceptors (Lipinski definition) is 10. The molecule has 3 aromatic heterocycles. The van der Waals surface area contributed by atoms with Crippen molar-refractivity contribution >= 4 is 39.5 Å². The quantitative estimate of drug-likeness (QED) is 0.348. The molecule has 0 aliphatic carbocycles. The van der Waals surface area contributed by atoms with Gasteiger partial charge in [-0.05, 0) is 13.8 Å². The van der Waals surface area contributed by atoms with E-state index in [1.165, 1.54) is 30.1 Å². The largest absolute Gasteiger partial charge is 0.519 e. The van der Waals surface area contributed by atoms with E-state index in [0.717, 1.165) is 9.71 Å². The van der Waals surface area contributed by atoms with Crippen molar-refractivity contribution in [3.05, 3.63) is 50.9 Å². The van der Waals surface area contributed by atoms with Crippen LogP contribution in [0.3, 0.4) is 0 Å². The first-order chi connectivity index (χ1) is 17.1. The fourth-order valence-corrected chi connectivity index (χ4v) is 6.11. The highest BCUT2D eigenvalue weighted by Gasteiger charge is 2.60. The predicted molar refractivity (Wildman–Crippen MR) is 124 cm³/mol. The normalized spacial score (nSPS) is 22.1. The Kier molecular flexibility index (Phi) is 5.83. The summed E-state index contributed by atoms with van der Waals surface area (Å²) in [6, 6.07) is -0.401. The average Bonchev–Trinajstić information content (AvgIpc) is 3.51. The zero-order valence-electron chi connectivity index (χ0n) is 19.9. The molecule has 0 radical (unpaired) electrons. The first-order valence-corrected chi connectivity index (χ1v) is 12.1. The van der Waals surface area contributed by atoms with Gasteiger partial charge in [-0.2, -0.15) is 0 Å². The molecule has 5 heterocycles. The molecule has 0 bridgehead atoms. The van der Waals surface area contributed by atoms with Crippen molar-refractivity contribution in [2.75, 3.05) is 0 Å². The Balaban J connectivity index is 1.53. The van der Waals surface area contributed by atoms with E-state index < -0.39 is 29.9 Å². The summed E-state index contributed by atoms with van der Waals surface area (Å²) in [7, 11) is 0. The molecular formula is C23H24N4O8S. The van der Waals surface area contributed by atoms with E-state index >= 15 is 0 Å². The van der Waals surface area contributed by atoms with E-state index in [9.17, 15) is 24.3 Å². The third-order valence-electron chi connectivity index (χ3n) is 6.59. The number of aromatic nitrogens is 2. The van der Waals surface area contributed by atoms with E-state index in [4.69, 9.17) is 13.6 Å². The fourth-order valence-electron chi connectivity index (χ4n) is 4.89. The summed E-state index contributed by atoms with van der Waals surface area (Å²) in [4.78, 5) is 56.2. The van der Waals surface area contributed by atoms with Gasteiger partial charge in [-0.25, -0.2) is 14.6 Å². The van der Waals surface area contributed by atoms with E-state index in [0.29, 0.717) is 11.3 Å². The monoisotopic (exact) mass is 516 g/mol. The second-order valence-electron chi connectivity index (χ2n) is 8.93. The molecule has 36 heavy (non-hydrogen) atoms. The number of nitrogens with zero attached hydrogens (tertiary/aromatic N) is 3. The molecule has 0 unspecified atom stereocenters. The summed E-state index contributed by atoms with van der Waals surface area (Å²) in [5, 5.41) is 12.9. The number of imidazole rings is 1. The van der Waals surface area contributed by atoms with Crippen molar-refractivity contribution in [3.63, 3.8) is 0 Å². The molecule has 2 amide bonds. The molecule has 4 atom stereocenters. The Labute approximate surface area is 208 Å². The topological polar surface area (TPSA) is 157 Å². The summed E-state index contributed by atoms with van der Waals surface area (Å²) >= 11 is 1.38. The van der Waals surface area contributed by atoms with Crippen LogP contribution in [0.15, 0.2) is 31.9 Å². The van der Waals surface area contributed by atoms with Crippen molar-refractivity contribution in [2.24, 2.45) is 11.8 Å². The number of carbonyl (C=O) groups is 3. The van der Waals surface area contributed by atoms with E-state index in [-0.39, 0.29) is 48.1 Å². The highest BCUT2D eigenvalue weighted by atomic mass is 32.1. The molecule has 5 rings (SSSR count). The van der Waals surface area contributed by atoms with Gasteiger partial charge >= 0.3 is 11.8 Å². The van der Waals surface area contributed by atoms with Gasteiger partial charge in [0.2, 0.25) is 11.8 Å². The second-order valence-corrected chi connectivity index (χ2v) is 9.97. The van der Waals surface area contributed by atoms with Crippen LogP contribution in [0.4, 0.5) is 0 Å². The van der Waals surface area contributed by atoms with Crippen molar-refractivity contribution in [1.82, 2.24) is 19.6 Å². The summed E-state index contributed by atoms with van der Waals surface area (Å²) in [6.45, 7) is 6.31. The lowest BCUT2D eigenvalue weighted by molar-refractivity contribution is -0.164. The van der Waals surface area contributed by atoms with Crippen LogP contribution in [-0.2, 0) is 32.3 Å². The highest BCUT2D eigenvalue weighted by molar-refractivity contribution is 7.18. The minimum absolute atomic E-state index is 0.0777. The molecule has 2 aliphatic heterocycles. The number of amides is 2. The number of β-lactam (4-membered cyclic amide) rings is 1. The first-order valence-electron chi connectivity index (χ1n) is 11.3. The molecule has 13 heteroatoms. The Morgan fingerprint density at radius 3 is 2.72 bits per heavy atom. The third-order valence-corrected chi connectivity index (χ3v) is 7.77. The number of aryl methyl sites for hydroxylation is 1. The van der Waals surface area contributed by atoms with Crippen LogP contribution in [0, 0.1) is 18.8 Å². The predicted octanol–water partition coefficient (Wildman–Crippen LogP) is 1.20. The smallest absolute Gasteiger partial charge is 0.453 e. The molecule has 0 aromatic carbocycles. The van der Waals surface area contributed by atoms with Crippen molar-refractivity contribution in [1.29, 1.82) is 0 Å². The molecule has 1 saturated heterocycles. The van der Waals surface area contributed by atoms with Crippen LogP contribution >= 0.6 is 11.3 Å². The number of nitrogens with one attached hydrogen (secondary N) is 1. The lowest BCUT2D eigenvalue weighted by Crippen LogP contribution is -2.63. The first kappa shape index (κ1) is 24.0. The maximum absolute atomic E-state index is 13.3. The molecule has 1 fully saturated rings. The van der Waals surface area contributed by atoms with Gasteiger partial charge in [0.1, 0.15) is 16.9 Å². The standard InChI is InChI=1S/C23H24N4O8S/c1-9-16(15-6-26-8-25-13(21(26)36-15)5-24-12(4)29)19(27-18(9)17(10(2)28)20(27)30)22(31)33-7-14-11(3)34-23(32)35-14/h6,8-10,17-18,28H,5,7H2,1-4H3,(H,24,29)/t9-,10+,17+,18+/m0/s1. The highest BCUT2D eigenvalue weighted by Crippen LogP contribution is 2.51. The van der Waals surface area contributed by atoms with Crippen LogP contribution in [0.5, 0.6) is 0 Å². The summed E-state index contributed by atoms with van der Waals surface area (Å²) in [5.74, 6) is -2.83. The van der Waals surface area contributed by atoms with Crippen molar-refractivity contribution < 1.29 is 33.1 Å². The Hall–Kier alpha value is -3.71. The number of aliphatic hydroxyl groups is 1. The van der Waals surface area contributed by atoms with Gasteiger partial charge in [0.05, 0.1) is 35.2 Å². The number of aliphatic hydroxyl groups excluding tert-OH is 1. The zero-order valence-corrected chi connectivity index (χ0v) is 20.7. The van der Waals surface area contributed by atoms with Crippen LogP contribution in [-0.4, -0.2) is 49.3 Å². The number of esters is 1. The number of rotatable bonds is 7. The summed E-state index contributed by atoms with van der Waals surface area (Å²) in [6.07, 6.45) is 2.55. The van der Waals surface area contributed by atoms with Crippen molar-refractivity contribution in [3.8, 4) is 0 Å². The summed E-state index contributed by atoms with van der Waals surface area (Å²) < 4.78 is 17.0. The molecule has 0 spiro atoms. The third kappa shape index (κ3) is 3.75. The fraction of sp³-hybridized carbons (Fsp3) is 0.435. The van der Waals surface area contributed by atoms with Crippen LogP contribution in [0.25, 0.3) is 10.4 Å². The molecule has 190 valence electrons. The molecule has 2 aliphatic rings. The summed E-state index contributed by atoms with van der Waals surface area (Å²) in [5.41, 5.74) is 1.38. The van der Waals surface area contributed by atoms with Gasteiger partial charge in [0, 0.05) is 24.6 Å². The average molecular weight is 517 g/mol. The number of ether oxygens (including phenoxy) is 1. The SMILES string of the molecule is CC(=O)NCc1ncn2cc(C3=C(C(=O)OCc4oc(=O)oc4C)N4C(=O)[C@H]([C@@H](C)O)[C@H]4[C@H]3C)sc12. The van der Waals surface area contributed by atoms with Gasteiger partial charge in [-0.1, -0.05) is 6.92 Å². The number of thiazole rings is 1. The second kappa shape index (κ2) is 8.75.